The van der Waals surface area contributed by atoms with Gasteiger partial charge in [0.2, 0.25) is 0 Å². The molecular formula is C37H48NPS. The van der Waals surface area contributed by atoms with Crippen molar-refractivity contribution >= 4 is 29.3 Å². The molecule has 3 fully saturated rings. The molecule has 2 aliphatic heterocycles. The first-order valence-electron chi connectivity index (χ1n) is 16.4. The highest BCUT2D eigenvalue weighted by molar-refractivity contribution is 8.17. The molecule has 2 saturated carbocycles. The van der Waals surface area contributed by atoms with Crippen molar-refractivity contribution in [2.45, 2.75) is 108 Å². The maximum Gasteiger partial charge on any atom is 0.0682 e. The molecule has 0 N–H and O–H groups in total. The SMILES string of the molecule is S=P12C3=C/C(=C\C=C\C=C3)c3cccccccc(c3)N1C1CCCCCCCCC(C1)C1CCCCCCC12. The third kappa shape index (κ3) is 6.00. The Morgan fingerprint density at radius 2 is 1.40 bits per heavy atom. The highest BCUT2D eigenvalue weighted by Crippen LogP contribution is 2.71. The first kappa shape index (κ1) is 28.2. The molecule has 1 aromatic carbocycles. The summed E-state index contributed by atoms with van der Waals surface area (Å²) in [5, 5.41) is 1.45. The van der Waals surface area contributed by atoms with E-state index in [4.69, 9.17) is 11.8 Å². The number of fused-ring (bicyclic) bond motifs is 13. The van der Waals surface area contributed by atoms with Crippen LogP contribution in [-0.2, 0) is 11.8 Å². The zero-order valence-corrected chi connectivity index (χ0v) is 26.0. The van der Waals surface area contributed by atoms with Crippen LogP contribution in [0.5, 0.6) is 0 Å². The van der Waals surface area contributed by atoms with Crippen molar-refractivity contribution in [3.63, 3.8) is 0 Å². The number of nitrogens with zero attached hydrogens (tertiary/aromatic N) is 1. The first-order chi connectivity index (χ1) is 19.7. The summed E-state index contributed by atoms with van der Waals surface area (Å²) in [5.74, 6) is 1.58. The summed E-state index contributed by atoms with van der Waals surface area (Å²) in [7, 11) is 0. The molecule has 2 heterocycles. The van der Waals surface area contributed by atoms with Crippen LogP contribution in [0.4, 0.5) is 5.69 Å². The quantitative estimate of drug-likeness (QED) is 0.286. The van der Waals surface area contributed by atoms with Crippen molar-refractivity contribution < 1.29 is 0 Å². The summed E-state index contributed by atoms with van der Waals surface area (Å²) >= 11 is 7.37. The second-order valence-corrected chi connectivity index (χ2v) is 17.3. The Kier molecular flexibility index (Phi) is 9.45. The zero-order chi connectivity index (χ0) is 27.2. The Bertz CT molecular complexity index is 1270. The van der Waals surface area contributed by atoms with Crippen LogP contribution in [0.15, 0.2) is 90.3 Å². The van der Waals surface area contributed by atoms with Gasteiger partial charge in [0.05, 0.1) is 6.19 Å². The van der Waals surface area contributed by atoms with Crippen molar-refractivity contribution in [1.29, 1.82) is 0 Å². The molecule has 1 saturated heterocycles. The van der Waals surface area contributed by atoms with E-state index in [0.717, 1.165) is 11.8 Å². The second kappa shape index (κ2) is 13.4. The van der Waals surface area contributed by atoms with E-state index in [1.807, 2.05) is 0 Å². The van der Waals surface area contributed by atoms with Crippen LogP contribution >= 0.6 is 6.19 Å². The fourth-order valence-electron chi connectivity index (χ4n) is 8.36. The Labute approximate surface area is 248 Å². The molecule has 0 amide bonds. The normalized spacial score (nSPS) is 34.4. The Morgan fingerprint density at radius 3 is 2.25 bits per heavy atom. The van der Waals surface area contributed by atoms with Crippen LogP contribution in [-0.4, -0.2) is 11.7 Å². The molecule has 3 heteroatoms. The van der Waals surface area contributed by atoms with Crippen LogP contribution in [0.1, 0.15) is 102 Å². The van der Waals surface area contributed by atoms with Crippen molar-refractivity contribution in [1.82, 2.24) is 0 Å². The standard InChI is InChI=1S/C37H48NPS/c40-39-35-24-16-10-13-20-31(29-35)30-19-11-5-3-7-15-22-33(27-30)38(39)34-23-14-6-2-1-4-12-21-32(28-34)36-25-17-8-9-18-26-37(36)39/h3,5,7,10-11,13,15-16,19-20,22,24,27,29,32,34,36-37H,1-2,4,6,8-9,12,14,17-18,21,23,25-26,28H2/b5-3?,7-3?,11-5?,13-10+,15-7?,16-10?,19-11?,20-13?,22-15?,24-16?,30-19?,30-27?,31-20+,31-29?,33-22?,33-27?,35-24?,35-29?. The molecule has 5 unspecified atom stereocenters. The smallest absolute Gasteiger partial charge is 0.0682 e. The maximum atomic E-state index is 7.37. The molecule has 6 rings (SSSR count). The third-order valence-corrected chi connectivity index (χ3v) is 16.0. The maximum absolute atomic E-state index is 7.37. The molecule has 0 radical (unpaired) electrons. The fraction of sp³-hybridized carbons (Fsp3) is 0.514. The summed E-state index contributed by atoms with van der Waals surface area (Å²) in [6.45, 7) is 0. The third-order valence-electron chi connectivity index (χ3n) is 10.3. The Morgan fingerprint density at radius 1 is 0.700 bits per heavy atom. The molecule has 5 atom stereocenters. The van der Waals surface area contributed by atoms with Crippen molar-refractivity contribution in [2.24, 2.45) is 11.8 Å². The van der Waals surface area contributed by atoms with Gasteiger partial charge in [-0.15, -0.1) is 0 Å². The molecular weight excluding hydrogens is 521 g/mol. The molecule has 5 aliphatic rings. The second-order valence-electron chi connectivity index (χ2n) is 12.8. The van der Waals surface area contributed by atoms with Gasteiger partial charge in [0.25, 0.3) is 0 Å². The highest BCUT2D eigenvalue weighted by atomic mass is 32.4. The predicted molar refractivity (Wildman–Crippen MR) is 179 cm³/mol. The minimum absolute atomic E-state index is 0.530. The van der Waals surface area contributed by atoms with Crippen LogP contribution in [0.25, 0.3) is 5.57 Å². The average Bonchev–Trinajstić information content (AvgIpc) is 3.03. The number of anilines is 1. The lowest BCUT2D eigenvalue weighted by Crippen LogP contribution is -2.35. The van der Waals surface area contributed by atoms with Crippen LogP contribution in [0.3, 0.4) is 0 Å². The van der Waals surface area contributed by atoms with E-state index >= 15 is 0 Å². The molecule has 1 aromatic rings. The average molecular weight is 570 g/mol. The van der Waals surface area contributed by atoms with E-state index in [2.05, 4.69) is 89.7 Å². The lowest BCUT2D eigenvalue weighted by atomic mass is 9.76. The van der Waals surface area contributed by atoms with E-state index in [0.29, 0.717) is 11.7 Å². The van der Waals surface area contributed by atoms with E-state index in [-0.39, 0.29) is 0 Å². The van der Waals surface area contributed by atoms with Gasteiger partial charge in [0.15, 0.2) is 0 Å². The van der Waals surface area contributed by atoms with E-state index in [9.17, 15) is 0 Å². The Hall–Kier alpha value is -1.89. The van der Waals surface area contributed by atoms with Crippen molar-refractivity contribution in [3.05, 3.63) is 95.9 Å². The van der Waals surface area contributed by atoms with E-state index in [1.165, 1.54) is 118 Å². The van der Waals surface area contributed by atoms with Gasteiger partial charge in [-0.05, 0) is 66.9 Å². The summed E-state index contributed by atoms with van der Waals surface area (Å²) in [6, 6.07) is 18.7. The van der Waals surface area contributed by atoms with Gasteiger partial charge in [0, 0.05) is 22.7 Å². The lowest BCUT2D eigenvalue weighted by molar-refractivity contribution is 0.234. The zero-order valence-electron chi connectivity index (χ0n) is 24.3. The molecule has 40 heavy (non-hydrogen) atoms. The van der Waals surface area contributed by atoms with Gasteiger partial charge in [-0.2, -0.15) is 0 Å². The van der Waals surface area contributed by atoms with E-state index in [1.54, 1.807) is 0 Å². The highest BCUT2D eigenvalue weighted by Gasteiger charge is 2.49. The summed E-state index contributed by atoms with van der Waals surface area (Å²) in [5.41, 5.74) is 4.56. The number of rotatable bonds is 0. The number of hydrogen-bond donors (Lipinski definition) is 0. The van der Waals surface area contributed by atoms with Gasteiger partial charge in [0.1, 0.15) is 0 Å². The first-order valence-corrected chi connectivity index (χ1v) is 19.2. The topological polar surface area (TPSA) is 3.24 Å². The number of hydrogen-bond acceptors (Lipinski definition) is 1. The van der Waals surface area contributed by atoms with Gasteiger partial charge in [-0.25, -0.2) is 0 Å². The summed E-state index contributed by atoms with van der Waals surface area (Å²) < 4.78 is 2.93. The van der Waals surface area contributed by atoms with Gasteiger partial charge in [-0.3, -0.25) is 0 Å². The molecule has 3 aliphatic carbocycles. The van der Waals surface area contributed by atoms with Gasteiger partial charge in [-0.1, -0.05) is 149 Å². The molecule has 1 nitrogen and oxygen atoms in total. The molecule has 0 aromatic heterocycles. The van der Waals surface area contributed by atoms with Crippen LogP contribution in [0.2, 0.25) is 0 Å². The largest absolute Gasteiger partial charge is 0.337 e. The van der Waals surface area contributed by atoms with Crippen LogP contribution in [0, 0.1) is 11.8 Å². The predicted octanol–water partition coefficient (Wildman–Crippen LogP) is 11.3. The minimum atomic E-state index is -2.15. The summed E-state index contributed by atoms with van der Waals surface area (Å²) in [6.07, 6.45) is 32.4. The van der Waals surface area contributed by atoms with Gasteiger partial charge >= 0.3 is 0 Å². The minimum Gasteiger partial charge on any atom is -0.337 e. The van der Waals surface area contributed by atoms with E-state index < -0.39 is 6.19 Å². The van der Waals surface area contributed by atoms with Crippen molar-refractivity contribution in [3.8, 4) is 0 Å². The van der Waals surface area contributed by atoms with Crippen molar-refractivity contribution in [2.75, 3.05) is 4.67 Å². The summed E-state index contributed by atoms with van der Waals surface area (Å²) in [4.78, 5) is 0. The monoisotopic (exact) mass is 569 g/mol. The molecule has 6 bridgehead atoms. The molecule has 0 spiro atoms. The fourth-order valence-corrected chi connectivity index (χ4v) is 14.4. The number of allylic oxidation sites excluding steroid dienone is 8. The van der Waals surface area contributed by atoms with Gasteiger partial charge < -0.3 is 4.67 Å². The Balaban J connectivity index is 1.64. The van der Waals surface area contributed by atoms with Crippen LogP contribution < -0.4 is 4.67 Å². The lowest BCUT2D eigenvalue weighted by Gasteiger charge is -2.48. The molecule has 212 valence electrons.